The number of anilines is 2. The molecular weight excluding hydrogens is 397 g/mol. The van der Waals surface area contributed by atoms with E-state index in [1.165, 1.54) is 23.7 Å². The Morgan fingerprint density at radius 3 is 2.57 bits per heavy atom. The van der Waals surface area contributed by atoms with Crippen LogP contribution >= 0.6 is 11.3 Å². The van der Waals surface area contributed by atoms with Gasteiger partial charge in [0.15, 0.2) is 15.0 Å². The number of halogens is 1. The van der Waals surface area contributed by atoms with Crippen LogP contribution in [0.15, 0.2) is 71.9 Å². The van der Waals surface area contributed by atoms with Gasteiger partial charge in [0.05, 0.1) is 28.0 Å². The lowest BCUT2D eigenvalue weighted by Gasteiger charge is -2.23. The lowest BCUT2D eigenvalue weighted by atomic mass is 10.2. The number of aromatic nitrogens is 2. The topological polar surface area (TPSA) is 63.2 Å². The first kappa shape index (κ1) is 18.5. The fraction of sp³-hybridized carbons (Fsp3) is 0.100. The fourth-order valence-corrected chi connectivity index (χ4v) is 4.86. The van der Waals surface area contributed by atoms with Crippen molar-refractivity contribution in [3.8, 4) is 0 Å². The van der Waals surface area contributed by atoms with Gasteiger partial charge < -0.3 is 4.90 Å². The first-order valence-electron chi connectivity index (χ1n) is 8.44. The first-order chi connectivity index (χ1) is 13.4. The Hall–Kier alpha value is -2.84. The summed E-state index contributed by atoms with van der Waals surface area (Å²) < 4.78 is 39.9. The second kappa shape index (κ2) is 7.29. The smallest absolute Gasteiger partial charge is 0.191 e. The number of sulfone groups is 1. The molecule has 4 aromatic rings. The molecule has 0 aliphatic rings. The van der Waals surface area contributed by atoms with Crippen molar-refractivity contribution in [1.29, 1.82) is 0 Å². The van der Waals surface area contributed by atoms with Gasteiger partial charge in [-0.25, -0.2) is 17.8 Å². The molecule has 0 unspecified atom stereocenters. The van der Waals surface area contributed by atoms with Gasteiger partial charge in [-0.1, -0.05) is 41.7 Å². The van der Waals surface area contributed by atoms with Crippen molar-refractivity contribution >= 4 is 42.2 Å². The summed E-state index contributed by atoms with van der Waals surface area (Å²) in [6.07, 6.45) is 4.50. The maximum atomic E-state index is 14.6. The Morgan fingerprint density at radius 2 is 1.82 bits per heavy atom. The van der Waals surface area contributed by atoms with E-state index in [2.05, 4.69) is 9.97 Å². The lowest BCUT2D eigenvalue weighted by molar-refractivity contribution is 0.600. The molecule has 0 aliphatic heterocycles. The second-order valence-corrected chi connectivity index (χ2v) is 9.25. The monoisotopic (exact) mass is 413 g/mol. The third kappa shape index (κ3) is 3.61. The van der Waals surface area contributed by atoms with Crippen LogP contribution in [0.4, 0.5) is 15.2 Å². The van der Waals surface area contributed by atoms with Crippen LogP contribution in [0.1, 0.15) is 5.56 Å². The molecule has 0 radical (unpaired) electrons. The average molecular weight is 413 g/mol. The summed E-state index contributed by atoms with van der Waals surface area (Å²) in [6, 6.07) is 15.0. The molecular formula is C20H16FN3O2S2. The summed E-state index contributed by atoms with van der Waals surface area (Å²) in [5.41, 5.74) is 1.61. The highest BCUT2D eigenvalue weighted by Crippen LogP contribution is 2.36. The van der Waals surface area contributed by atoms with Crippen LogP contribution in [0.2, 0.25) is 0 Å². The average Bonchev–Trinajstić information content (AvgIpc) is 3.10. The highest BCUT2D eigenvalue weighted by Gasteiger charge is 2.21. The third-order valence-corrected chi connectivity index (χ3v) is 6.51. The van der Waals surface area contributed by atoms with Gasteiger partial charge in [0.25, 0.3) is 0 Å². The Labute approximate surface area is 166 Å². The summed E-state index contributed by atoms with van der Waals surface area (Å²) in [5.74, 6) is -0.406. The van der Waals surface area contributed by atoms with E-state index in [4.69, 9.17) is 0 Å². The minimum absolute atomic E-state index is 0.164. The molecule has 0 bridgehead atoms. The minimum atomic E-state index is -3.43. The van der Waals surface area contributed by atoms with Gasteiger partial charge in [0.1, 0.15) is 11.3 Å². The van der Waals surface area contributed by atoms with Crippen molar-refractivity contribution in [3.63, 3.8) is 0 Å². The normalized spacial score (nSPS) is 11.6. The summed E-state index contributed by atoms with van der Waals surface area (Å²) >= 11 is 1.40. The Morgan fingerprint density at radius 1 is 1.07 bits per heavy atom. The zero-order valence-electron chi connectivity index (χ0n) is 14.9. The van der Waals surface area contributed by atoms with Gasteiger partial charge in [-0.2, -0.15) is 0 Å². The predicted molar refractivity (Wildman–Crippen MR) is 109 cm³/mol. The highest BCUT2D eigenvalue weighted by atomic mass is 32.2. The predicted octanol–water partition coefficient (Wildman–Crippen LogP) is 4.57. The molecule has 2 aromatic heterocycles. The Bertz CT molecular complexity index is 1220. The van der Waals surface area contributed by atoms with E-state index < -0.39 is 15.7 Å². The standard InChI is InChI=1S/C20H16FN3O2S2/c1-28(25,26)19-9-5-2-6-14(19)13-24(17-8-4-3-7-15(17)21)20-23-16-12-22-11-10-18(16)27-20/h2-12H,13H2,1H3. The van der Waals surface area contributed by atoms with Crippen molar-refractivity contribution in [1.82, 2.24) is 9.97 Å². The van der Waals surface area contributed by atoms with Crippen LogP contribution in [0.5, 0.6) is 0 Å². The molecule has 0 atom stereocenters. The molecule has 0 N–H and O–H groups in total. The minimum Gasteiger partial charge on any atom is -0.311 e. The number of para-hydroxylation sites is 1. The Balaban J connectivity index is 1.87. The van der Waals surface area contributed by atoms with Crippen LogP contribution < -0.4 is 4.90 Å². The molecule has 0 saturated carbocycles. The second-order valence-electron chi connectivity index (χ2n) is 6.26. The summed E-state index contributed by atoms with van der Waals surface area (Å²) in [6.45, 7) is 0.164. The fourth-order valence-electron chi connectivity index (χ4n) is 2.98. The molecule has 0 amide bonds. The van der Waals surface area contributed by atoms with E-state index in [-0.39, 0.29) is 11.4 Å². The van der Waals surface area contributed by atoms with Crippen molar-refractivity contribution < 1.29 is 12.8 Å². The van der Waals surface area contributed by atoms with E-state index in [9.17, 15) is 12.8 Å². The van der Waals surface area contributed by atoms with E-state index in [1.807, 2.05) is 6.07 Å². The molecule has 8 heteroatoms. The highest BCUT2D eigenvalue weighted by molar-refractivity contribution is 7.90. The van der Waals surface area contributed by atoms with Gasteiger partial charge >= 0.3 is 0 Å². The van der Waals surface area contributed by atoms with Gasteiger partial charge in [-0.05, 0) is 29.8 Å². The maximum Gasteiger partial charge on any atom is 0.191 e. The maximum absolute atomic E-state index is 14.6. The summed E-state index contributed by atoms with van der Waals surface area (Å²) in [5, 5.41) is 0.566. The molecule has 0 fully saturated rings. The number of benzene rings is 2. The van der Waals surface area contributed by atoms with E-state index in [1.54, 1.807) is 59.8 Å². The molecule has 0 spiro atoms. The summed E-state index contributed by atoms with van der Waals surface area (Å²) in [4.78, 5) is 10.6. The molecule has 5 nitrogen and oxygen atoms in total. The van der Waals surface area contributed by atoms with Crippen LogP contribution in [-0.2, 0) is 16.4 Å². The van der Waals surface area contributed by atoms with Gasteiger partial charge in [0, 0.05) is 12.5 Å². The zero-order chi connectivity index (χ0) is 19.7. The number of fused-ring (bicyclic) bond motifs is 1. The molecule has 4 rings (SSSR count). The quantitative estimate of drug-likeness (QED) is 0.479. The number of rotatable bonds is 5. The van der Waals surface area contributed by atoms with Crippen molar-refractivity contribution in [2.24, 2.45) is 0 Å². The van der Waals surface area contributed by atoms with Gasteiger partial charge in [-0.15, -0.1) is 0 Å². The molecule has 28 heavy (non-hydrogen) atoms. The van der Waals surface area contributed by atoms with E-state index in [0.717, 1.165) is 4.70 Å². The molecule has 2 aromatic carbocycles. The largest absolute Gasteiger partial charge is 0.311 e. The lowest BCUT2D eigenvalue weighted by Crippen LogP contribution is -2.19. The number of hydrogen-bond acceptors (Lipinski definition) is 6. The summed E-state index contributed by atoms with van der Waals surface area (Å²) in [7, 11) is -3.43. The van der Waals surface area contributed by atoms with E-state index >= 15 is 0 Å². The zero-order valence-corrected chi connectivity index (χ0v) is 16.5. The third-order valence-electron chi connectivity index (χ3n) is 4.25. The molecule has 142 valence electrons. The molecule has 0 saturated heterocycles. The Kier molecular flexibility index (Phi) is 4.82. The SMILES string of the molecule is CS(=O)(=O)c1ccccc1CN(c1nc2cnccc2s1)c1ccccc1F. The van der Waals surface area contributed by atoms with Crippen LogP contribution in [0.25, 0.3) is 10.2 Å². The van der Waals surface area contributed by atoms with Crippen LogP contribution in [-0.4, -0.2) is 24.6 Å². The van der Waals surface area contributed by atoms with Crippen LogP contribution in [0, 0.1) is 5.82 Å². The van der Waals surface area contributed by atoms with Gasteiger partial charge in [0.2, 0.25) is 0 Å². The van der Waals surface area contributed by atoms with Crippen LogP contribution in [0.3, 0.4) is 0 Å². The van der Waals surface area contributed by atoms with E-state index in [0.29, 0.717) is 21.9 Å². The molecule has 0 aliphatic carbocycles. The van der Waals surface area contributed by atoms with Crippen molar-refractivity contribution in [2.75, 3.05) is 11.2 Å². The number of nitrogens with zero attached hydrogens (tertiary/aromatic N) is 3. The number of pyridine rings is 1. The van der Waals surface area contributed by atoms with Crippen molar-refractivity contribution in [3.05, 3.63) is 78.4 Å². The van der Waals surface area contributed by atoms with Gasteiger partial charge in [-0.3, -0.25) is 4.98 Å². The van der Waals surface area contributed by atoms with Crippen molar-refractivity contribution in [2.45, 2.75) is 11.4 Å². The first-order valence-corrected chi connectivity index (χ1v) is 11.1. The molecule has 2 heterocycles. The number of hydrogen-bond donors (Lipinski definition) is 0. The number of thiazole rings is 1.